The van der Waals surface area contributed by atoms with Gasteiger partial charge in [0.1, 0.15) is 12.2 Å². The average Bonchev–Trinajstić information content (AvgIpc) is 3.30. The monoisotopic (exact) mass is 514 g/mol. The number of rotatable bonds is 8. The molecule has 0 bridgehead atoms. The van der Waals surface area contributed by atoms with Gasteiger partial charge in [0.05, 0.1) is 23.9 Å². The minimum absolute atomic E-state index is 0.0606. The number of aromatic nitrogens is 1. The molecule has 36 heavy (non-hydrogen) atoms. The molecule has 2 heterocycles. The van der Waals surface area contributed by atoms with Crippen molar-refractivity contribution in [1.82, 2.24) is 10.2 Å². The van der Waals surface area contributed by atoms with Crippen LogP contribution in [0.25, 0.3) is 11.3 Å². The van der Waals surface area contributed by atoms with Crippen LogP contribution < -0.4 is 0 Å². The predicted molar refractivity (Wildman–Crippen MR) is 133 cm³/mol. The van der Waals surface area contributed by atoms with E-state index in [9.17, 15) is 17.6 Å². The van der Waals surface area contributed by atoms with Gasteiger partial charge in [0.2, 0.25) is 0 Å². The summed E-state index contributed by atoms with van der Waals surface area (Å²) in [6.07, 6.45) is 3.14. The Morgan fingerprint density at radius 3 is 2.64 bits per heavy atom. The second-order valence-electron chi connectivity index (χ2n) is 8.24. The number of thioether (sulfide) groups is 1. The summed E-state index contributed by atoms with van der Waals surface area (Å²) in [6, 6.07) is 12.8. The molecule has 5 nitrogen and oxygen atoms in total. The smallest absolute Gasteiger partial charge is 0.254 e. The maximum atomic E-state index is 14.1. The van der Waals surface area contributed by atoms with Gasteiger partial charge in [-0.3, -0.25) is 10.0 Å². The Morgan fingerprint density at radius 2 is 1.92 bits per heavy atom. The van der Waals surface area contributed by atoms with Crippen LogP contribution in [0.5, 0.6) is 0 Å². The maximum Gasteiger partial charge on any atom is 0.254 e. The minimum Gasteiger partial charge on any atom is -0.359 e. The maximum absolute atomic E-state index is 14.1. The Balaban J connectivity index is 1.45. The molecule has 0 atom stereocenters. The van der Waals surface area contributed by atoms with Gasteiger partial charge in [-0.1, -0.05) is 29.9 Å². The fraction of sp³-hybridized carbons (Fsp3) is 0.192. The third-order valence-electron chi connectivity index (χ3n) is 5.11. The Morgan fingerprint density at radius 1 is 1.17 bits per heavy atom. The van der Waals surface area contributed by atoms with Crippen LogP contribution in [0.2, 0.25) is 0 Å². The summed E-state index contributed by atoms with van der Waals surface area (Å²) in [7, 11) is 0. The predicted octanol–water partition coefficient (Wildman–Crippen LogP) is 7.08. The Kier molecular flexibility index (Phi) is 7.44. The van der Waals surface area contributed by atoms with E-state index in [0.29, 0.717) is 28.4 Å². The van der Waals surface area contributed by atoms with Crippen LogP contribution in [0.4, 0.5) is 17.6 Å². The van der Waals surface area contributed by atoms with E-state index in [2.05, 4.69) is 21.8 Å². The van der Waals surface area contributed by atoms with Crippen LogP contribution in [0.3, 0.4) is 0 Å². The highest BCUT2D eigenvalue weighted by Gasteiger charge is 2.21. The zero-order chi connectivity index (χ0) is 25.9. The number of benzene rings is 2. The van der Waals surface area contributed by atoms with Gasteiger partial charge in [-0.2, -0.15) is 5.10 Å². The Bertz CT molecular complexity index is 1360. The third kappa shape index (κ3) is 6.31. The summed E-state index contributed by atoms with van der Waals surface area (Å²) < 4.78 is 59.3. The van der Waals surface area contributed by atoms with E-state index in [1.165, 1.54) is 18.3 Å². The van der Waals surface area contributed by atoms with Crippen molar-refractivity contribution in [3.8, 4) is 11.3 Å². The first kappa shape index (κ1) is 25.4. The van der Waals surface area contributed by atoms with Crippen molar-refractivity contribution in [3.05, 3.63) is 95.5 Å². The van der Waals surface area contributed by atoms with E-state index in [0.717, 1.165) is 35.2 Å². The first-order chi connectivity index (χ1) is 17.1. The number of halogens is 4. The van der Waals surface area contributed by atoms with Gasteiger partial charge < -0.3 is 4.52 Å². The summed E-state index contributed by atoms with van der Waals surface area (Å²) in [5.74, 6) is -4.42. The Hall–Kier alpha value is -3.66. The zero-order valence-electron chi connectivity index (χ0n) is 19.5. The van der Waals surface area contributed by atoms with Crippen LogP contribution in [0.1, 0.15) is 25.2 Å². The number of aliphatic imine (C=N–C) groups is 1. The summed E-state index contributed by atoms with van der Waals surface area (Å²) in [5.41, 5.74) is 2.68. The van der Waals surface area contributed by atoms with Gasteiger partial charge in [0.25, 0.3) is 5.92 Å². The molecule has 0 saturated carbocycles. The molecule has 1 aliphatic heterocycles. The molecule has 0 N–H and O–H groups in total. The molecule has 4 rings (SSSR count). The van der Waals surface area contributed by atoms with Gasteiger partial charge in [0, 0.05) is 40.3 Å². The van der Waals surface area contributed by atoms with E-state index in [1.807, 2.05) is 0 Å². The number of nitrogens with zero attached hydrogens (tertiary/aromatic N) is 4. The van der Waals surface area contributed by atoms with Gasteiger partial charge in [-0.05, 0) is 31.2 Å². The summed E-state index contributed by atoms with van der Waals surface area (Å²) in [5, 5.41) is 9.93. The highest BCUT2D eigenvalue weighted by atomic mass is 32.2. The number of allylic oxidation sites excluding steroid dienone is 1. The molecule has 0 saturated heterocycles. The summed E-state index contributed by atoms with van der Waals surface area (Å²) >= 11 is 1.08. The third-order valence-corrected chi connectivity index (χ3v) is 6.37. The first-order valence-electron chi connectivity index (χ1n) is 10.9. The fourth-order valence-electron chi connectivity index (χ4n) is 3.29. The van der Waals surface area contributed by atoms with Crippen molar-refractivity contribution in [2.24, 2.45) is 10.1 Å². The highest BCUT2D eigenvalue weighted by molar-refractivity contribution is 7.99. The van der Waals surface area contributed by atoms with Gasteiger partial charge in [-0.25, -0.2) is 17.6 Å². The molecule has 1 aromatic heterocycles. The molecular weight excluding hydrogens is 492 g/mol. The molecule has 0 amide bonds. The molecule has 0 unspecified atom stereocenters. The quantitative estimate of drug-likeness (QED) is 0.183. The minimum atomic E-state index is -2.73. The Labute approximate surface area is 209 Å². The normalized spacial score (nSPS) is 14.4. The van der Waals surface area contributed by atoms with Crippen molar-refractivity contribution < 1.29 is 22.1 Å². The van der Waals surface area contributed by atoms with Crippen LogP contribution in [-0.4, -0.2) is 33.8 Å². The van der Waals surface area contributed by atoms with Crippen molar-refractivity contribution >= 4 is 23.7 Å². The molecular formula is C26H22F4N4OS. The lowest BCUT2D eigenvalue weighted by molar-refractivity contribution is 0.0492. The molecule has 0 fully saturated rings. The molecule has 3 aromatic rings. The second kappa shape index (κ2) is 10.5. The lowest BCUT2D eigenvalue weighted by atomic mass is 10.1. The van der Waals surface area contributed by atoms with Crippen molar-refractivity contribution in [2.45, 2.75) is 31.2 Å². The molecule has 0 radical (unpaired) electrons. The molecule has 10 heteroatoms. The second-order valence-corrected chi connectivity index (χ2v) is 9.29. The standard InChI is InChI=1S/C26H22F4N4OS/c1-16-12-31-34(14-24(16)32-17(2)21-5-4-6-22(27)25(21)28)13-19-11-23(33-35-19)18-7-9-20(10-8-18)36-15-26(3,29)30/h4-12,14H,1,13,15H2,2-3H3. The van der Waals surface area contributed by atoms with E-state index >= 15 is 0 Å². The van der Waals surface area contributed by atoms with Gasteiger partial charge in [-0.15, -0.1) is 11.8 Å². The number of hydrogen-bond donors (Lipinski definition) is 0. The van der Waals surface area contributed by atoms with Crippen LogP contribution in [0.15, 0.2) is 92.1 Å². The molecule has 0 spiro atoms. The molecule has 1 aliphatic rings. The number of hydrogen-bond acceptors (Lipinski definition) is 6. The van der Waals surface area contributed by atoms with Crippen molar-refractivity contribution in [2.75, 3.05) is 5.75 Å². The first-order valence-corrected chi connectivity index (χ1v) is 11.9. The summed E-state index contributed by atoms with van der Waals surface area (Å²) in [6.45, 7) is 6.62. The van der Waals surface area contributed by atoms with Crippen molar-refractivity contribution in [3.63, 3.8) is 0 Å². The molecule has 2 aromatic carbocycles. The highest BCUT2D eigenvalue weighted by Crippen LogP contribution is 2.28. The lowest BCUT2D eigenvalue weighted by Crippen LogP contribution is -2.15. The zero-order valence-corrected chi connectivity index (χ0v) is 20.3. The fourth-order valence-corrected chi connectivity index (χ4v) is 4.04. The van der Waals surface area contributed by atoms with Crippen LogP contribution in [0, 0.1) is 11.6 Å². The summed E-state index contributed by atoms with van der Waals surface area (Å²) in [4.78, 5) is 5.15. The van der Waals surface area contributed by atoms with E-state index < -0.39 is 17.6 Å². The van der Waals surface area contributed by atoms with E-state index in [4.69, 9.17) is 4.52 Å². The van der Waals surface area contributed by atoms with Crippen LogP contribution >= 0.6 is 11.8 Å². The topological polar surface area (TPSA) is 54.0 Å². The van der Waals surface area contributed by atoms with Crippen LogP contribution in [-0.2, 0) is 6.54 Å². The molecule has 0 aliphatic carbocycles. The van der Waals surface area contributed by atoms with Gasteiger partial charge >= 0.3 is 0 Å². The SMILES string of the molecule is C=C1C=NN(Cc2cc(-c3ccc(SCC(C)(F)F)cc3)no2)C=C1N=C(C)c1cccc(F)c1F. The van der Waals surface area contributed by atoms with E-state index in [1.54, 1.807) is 48.5 Å². The van der Waals surface area contributed by atoms with Crippen molar-refractivity contribution in [1.29, 1.82) is 0 Å². The largest absolute Gasteiger partial charge is 0.359 e. The number of alkyl halides is 2. The lowest BCUT2D eigenvalue weighted by Gasteiger charge is -2.18. The average molecular weight is 515 g/mol. The van der Waals surface area contributed by atoms with Gasteiger partial charge in [0.15, 0.2) is 17.4 Å². The number of hydrazone groups is 1. The molecule has 186 valence electrons. The van der Waals surface area contributed by atoms with E-state index in [-0.39, 0.29) is 17.9 Å².